The average molecular weight is 510 g/mol. The Hall–Kier alpha value is -3.58. The molecule has 2 aromatic rings. The molecule has 12 heteroatoms. The molecule has 0 aromatic heterocycles. The highest BCUT2D eigenvalue weighted by Gasteiger charge is 2.23. The lowest BCUT2D eigenvalue weighted by Gasteiger charge is -2.16. The van der Waals surface area contributed by atoms with Gasteiger partial charge in [0.05, 0.1) is 41.7 Å². The third-order valence-electron chi connectivity index (χ3n) is 4.55. The number of hydrogen-bond donors (Lipinski definition) is 0. The monoisotopic (exact) mass is 510 g/mol. The molecule has 12 nitrogen and oxygen atoms in total. The number of carbonyl (C=O) groups excluding carboxylic acids is 2. The molecule has 0 N–H and O–H groups in total. The molecule has 0 aliphatic heterocycles. The fraction of sp³-hybridized carbons (Fsp3) is 0.417. The van der Waals surface area contributed by atoms with Gasteiger partial charge in [-0.25, -0.2) is 9.59 Å². The van der Waals surface area contributed by atoms with Gasteiger partial charge in [-0.15, -0.1) is 9.78 Å². The first-order valence-corrected chi connectivity index (χ1v) is 10.8. The Morgan fingerprint density at radius 1 is 0.694 bits per heavy atom. The second-order valence-electron chi connectivity index (χ2n) is 6.77. The Kier molecular flexibility index (Phi) is 12.3. The number of carbonyl (C=O) groups is 2. The second-order valence-corrected chi connectivity index (χ2v) is 6.77. The summed E-state index contributed by atoms with van der Waals surface area (Å²) in [6, 6.07) is 9.11. The quantitative estimate of drug-likeness (QED) is 0.143. The third-order valence-corrected chi connectivity index (χ3v) is 4.55. The Bertz CT molecular complexity index is 906. The van der Waals surface area contributed by atoms with E-state index in [0.717, 1.165) is 0 Å². The van der Waals surface area contributed by atoms with Crippen LogP contribution < -0.4 is 18.9 Å². The smallest absolute Gasteiger partial charge is 0.377 e. The molecule has 0 spiro atoms. The van der Waals surface area contributed by atoms with Crippen LogP contribution in [-0.4, -0.2) is 73.1 Å². The van der Waals surface area contributed by atoms with Crippen LogP contribution in [0.2, 0.25) is 0 Å². The van der Waals surface area contributed by atoms with Gasteiger partial charge in [0.1, 0.15) is 40.7 Å². The first-order chi connectivity index (χ1) is 17.5. The lowest BCUT2D eigenvalue weighted by molar-refractivity contribution is -0.427. The highest BCUT2D eigenvalue weighted by molar-refractivity contribution is 5.93. The van der Waals surface area contributed by atoms with Gasteiger partial charge < -0.3 is 28.4 Å². The molecular weight excluding hydrogens is 480 g/mol. The number of methoxy groups -OCH3 is 4. The molecule has 0 atom stereocenters. The number of rotatable bonds is 16. The summed E-state index contributed by atoms with van der Waals surface area (Å²) < 4.78 is 31.2. The molecule has 0 radical (unpaired) electrons. The van der Waals surface area contributed by atoms with Gasteiger partial charge in [-0.1, -0.05) is 0 Å². The minimum atomic E-state index is -1.44. The molecule has 0 aliphatic carbocycles. The lowest BCUT2D eigenvalue weighted by Crippen LogP contribution is -2.27. The molecule has 0 fully saturated rings. The molecule has 0 saturated carbocycles. The van der Waals surface area contributed by atoms with Crippen LogP contribution in [0.15, 0.2) is 36.4 Å². The molecule has 0 saturated heterocycles. The van der Waals surface area contributed by atoms with Crippen molar-refractivity contribution in [2.75, 3.05) is 54.9 Å². The van der Waals surface area contributed by atoms with E-state index in [1.807, 2.05) is 6.92 Å². The molecule has 0 heterocycles. The van der Waals surface area contributed by atoms with Crippen LogP contribution in [0.5, 0.6) is 23.0 Å². The van der Waals surface area contributed by atoms with Crippen molar-refractivity contribution in [3.05, 3.63) is 47.5 Å². The van der Waals surface area contributed by atoms with Crippen LogP contribution in [0.25, 0.3) is 0 Å². The highest BCUT2D eigenvalue weighted by atomic mass is 17.3. The predicted molar refractivity (Wildman–Crippen MR) is 123 cm³/mol. The van der Waals surface area contributed by atoms with Gasteiger partial charge in [0, 0.05) is 6.61 Å². The van der Waals surface area contributed by atoms with Crippen molar-refractivity contribution in [2.24, 2.45) is 0 Å². The molecule has 36 heavy (non-hydrogen) atoms. The Morgan fingerprint density at radius 2 is 1.17 bits per heavy atom. The van der Waals surface area contributed by atoms with E-state index in [9.17, 15) is 9.59 Å². The van der Waals surface area contributed by atoms with Crippen LogP contribution in [0.4, 0.5) is 0 Å². The van der Waals surface area contributed by atoms with Crippen molar-refractivity contribution in [1.29, 1.82) is 0 Å². The zero-order chi connectivity index (χ0) is 26.3. The second kappa shape index (κ2) is 15.4. The maximum atomic E-state index is 12.6. The summed E-state index contributed by atoms with van der Waals surface area (Å²) in [6.45, 7) is 2.59. The molecule has 2 aromatic carbocycles. The van der Waals surface area contributed by atoms with Gasteiger partial charge in [-0.3, -0.25) is 9.78 Å². The van der Waals surface area contributed by atoms with Crippen LogP contribution in [0, 0.1) is 0 Å². The van der Waals surface area contributed by atoms with E-state index < -0.39 is 18.2 Å². The van der Waals surface area contributed by atoms with Gasteiger partial charge in [0.25, 0.3) is 6.29 Å². The van der Waals surface area contributed by atoms with E-state index in [1.54, 1.807) is 12.1 Å². The molecule has 2 rings (SSSR count). The maximum absolute atomic E-state index is 12.6. The van der Waals surface area contributed by atoms with Crippen LogP contribution in [0.1, 0.15) is 27.6 Å². The fourth-order valence-corrected chi connectivity index (χ4v) is 2.75. The van der Waals surface area contributed by atoms with Gasteiger partial charge in [-0.05, 0) is 43.3 Å². The summed E-state index contributed by atoms with van der Waals surface area (Å²) in [4.78, 5) is 45.1. The van der Waals surface area contributed by atoms with Crippen molar-refractivity contribution in [1.82, 2.24) is 0 Å². The van der Waals surface area contributed by atoms with Gasteiger partial charge >= 0.3 is 11.9 Å². The Morgan fingerprint density at radius 3 is 1.58 bits per heavy atom. The van der Waals surface area contributed by atoms with Gasteiger partial charge in [0.15, 0.2) is 0 Å². The molecule has 0 amide bonds. The van der Waals surface area contributed by atoms with Crippen LogP contribution in [-0.2, 0) is 29.0 Å². The summed E-state index contributed by atoms with van der Waals surface area (Å²) in [7, 11) is 5.68. The normalized spacial score (nSPS) is 10.6. The van der Waals surface area contributed by atoms with Crippen molar-refractivity contribution >= 4 is 11.9 Å². The SMILES string of the molecule is CCOCCOCC(OOC(=O)c1cc(OC)ccc1OC)OOC(=O)c1cc(OC)ccc1OC. The number of hydrogen-bond acceptors (Lipinski definition) is 12. The van der Waals surface area contributed by atoms with E-state index in [1.165, 1.54) is 52.7 Å². The molecule has 0 unspecified atom stereocenters. The van der Waals surface area contributed by atoms with Crippen molar-refractivity contribution in [3.8, 4) is 23.0 Å². The van der Waals surface area contributed by atoms with Crippen LogP contribution in [0.3, 0.4) is 0 Å². The average Bonchev–Trinajstić information content (AvgIpc) is 2.92. The number of benzene rings is 2. The largest absolute Gasteiger partial charge is 0.497 e. The summed E-state index contributed by atoms with van der Waals surface area (Å²) >= 11 is 0. The van der Waals surface area contributed by atoms with Crippen molar-refractivity contribution in [3.63, 3.8) is 0 Å². The van der Waals surface area contributed by atoms with E-state index in [2.05, 4.69) is 0 Å². The van der Waals surface area contributed by atoms with Crippen molar-refractivity contribution < 1.29 is 57.6 Å². The first-order valence-electron chi connectivity index (χ1n) is 10.8. The van der Waals surface area contributed by atoms with Gasteiger partial charge in [-0.2, -0.15) is 0 Å². The first kappa shape index (κ1) is 28.7. The summed E-state index contributed by atoms with van der Waals surface area (Å²) in [5.41, 5.74) is 0.0666. The molecular formula is C24H30O12. The molecule has 0 aliphatic rings. The fourth-order valence-electron chi connectivity index (χ4n) is 2.75. The van der Waals surface area contributed by atoms with E-state index in [4.69, 9.17) is 48.0 Å². The highest BCUT2D eigenvalue weighted by Crippen LogP contribution is 2.26. The van der Waals surface area contributed by atoms with Crippen molar-refractivity contribution in [2.45, 2.75) is 13.2 Å². The zero-order valence-corrected chi connectivity index (χ0v) is 20.8. The van der Waals surface area contributed by atoms with E-state index >= 15 is 0 Å². The van der Waals surface area contributed by atoms with E-state index in [-0.39, 0.29) is 35.8 Å². The third kappa shape index (κ3) is 8.57. The number of ether oxygens (including phenoxy) is 6. The summed E-state index contributed by atoms with van der Waals surface area (Å²) in [6.07, 6.45) is -1.44. The van der Waals surface area contributed by atoms with Gasteiger partial charge in [0.2, 0.25) is 0 Å². The topological polar surface area (TPSA) is 126 Å². The minimum absolute atomic E-state index is 0.0333. The Balaban J connectivity index is 2.07. The standard InChI is InChI=1S/C24H30O12/c1-6-31-11-12-32-15-22(33-35-23(25)18-13-16(27-2)7-9-20(18)29-4)34-36-24(26)19-14-17(28-3)8-10-21(19)30-5/h7-10,13-14,22H,6,11-12,15H2,1-5H3. The summed E-state index contributed by atoms with van der Waals surface area (Å²) in [5, 5.41) is 0. The maximum Gasteiger partial charge on any atom is 0.377 e. The Labute approximate surface area is 208 Å². The lowest BCUT2D eigenvalue weighted by atomic mass is 10.2. The molecule has 0 bridgehead atoms. The predicted octanol–water partition coefficient (Wildman–Crippen LogP) is 2.98. The van der Waals surface area contributed by atoms with Crippen LogP contribution >= 0.6 is 0 Å². The van der Waals surface area contributed by atoms with E-state index in [0.29, 0.717) is 24.7 Å². The minimum Gasteiger partial charge on any atom is -0.497 e. The molecule has 198 valence electrons. The summed E-state index contributed by atoms with van der Waals surface area (Å²) in [5.74, 6) is -0.561. The zero-order valence-electron chi connectivity index (χ0n) is 20.8.